The second kappa shape index (κ2) is 10.0. The largest absolute Gasteiger partial charge is 0.344 e. The number of benzene rings is 2. The normalized spacial score (nSPS) is 19.9. The van der Waals surface area contributed by atoms with Crippen molar-refractivity contribution in [1.82, 2.24) is 10.2 Å². The molecule has 0 bridgehead atoms. The number of rotatable bonds is 6. The van der Waals surface area contributed by atoms with Crippen LogP contribution in [0.25, 0.3) is 0 Å². The van der Waals surface area contributed by atoms with Crippen molar-refractivity contribution in [3.05, 3.63) is 66.2 Å². The third-order valence-electron chi connectivity index (χ3n) is 5.78. The van der Waals surface area contributed by atoms with Gasteiger partial charge >= 0.3 is 0 Å². The highest BCUT2D eigenvalue weighted by Gasteiger charge is 2.37. The Bertz CT molecular complexity index is 916. The second-order valence-electron chi connectivity index (χ2n) is 7.93. The van der Waals surface area contributed by atoms with Gasteiger partial charge in [0.05, 0.1) is 5.92 Å². The summed E-state index contributed by atoms with van der Waals surface area (Å²) in [5.41, 5.74) is 1.80. The van der Waals surface area contributed by atoms with Crippen LogP contribution < -0.4 is 10.2 Å². The summed E-state index contributed by atoms with van der Waals surface area (Å²) < 4.78 is 0. The maximum Gasteiger partial charge on any atom is 0.245 e. The Labute approximate surface area is 187 Å². The van der Waals surface area contributed by atoms with Gasteiger partial charge in [0.1, 0.15) is 6.04 Å². The lowest BCUT2D eigenvalue weighted by molar-refractivity contribution is -0.137. The molecule has 2 atom stereocenters. The van der Waals surface area contributed by atoms with Gasteiger partial charge in [-0.1, -0.05) is 48.5 Å². The molecule has 2 aliphatic heterocycles. The molecular weight excluding hydrogens is 410 g/mol. The number of hydrogen-bond donors (Lipinski definition) is 1. The van der Waals surface area contributed by atoms with E-state index in [0.717, 1.165) is 22.8 Å². The molecule has 4 rings (SSSR count). The third kappa shape index (κ3) is 5.28. The lowest BCUT2D eigenvalue weighted by atomic mass is 10.0. The molecular formula is C24H27N3O3S. The summed E-state index contributed by atoms with van der Waals surface area (Å²) in [6, 6.07) is 18.5. The summed E-state index contributed by atoms with van der Waals surface area (Å²) in [7, 11) is 0. The molecule has 7 heteroatoms. The molecule has 0 saturated carbocycles. The Morgan fingerprint density at radius 2 is 1.65 bits per heavy atom. The smallest absolute Gasteiger partial charge is 0.245 e. The molecule has 0 radical (unpaired) electrons. The first kappa shape index (κ1) is 21.4. The Kier molecular flexibility index (Phi) is 6.92. The van der Waals surface area contributed by atoms with Gasteiger partial charge < -0.3 is 15.1 Å². The highest BCUT2D eigenvalue weighted by molar-refractivity contribution is 7.99. The van der Waals surface area contributed by atoms with Crippen molar-refractivity contribution in [2.45, 2.75) is 18.9 Å². The van der Waals surface area contributed by atoms with Crippen molar-refractivity contribution < 1.29 is 14.4 Å². The van der Waals surface area contributed by atoms with Crippen molar-refractivity contribution in [2.24, 2.45) is 5.92 Å². The lowest BCUT2D eigenvalue weighted by Gasteiger charge is -2.31. The highest BCUT2D eigenvalue weighted by atomic mass is 32.2. The topological polar surface area (TPSA) is 69.7 Å². The summed E-state index contributed by atoms with van der Waals surface area (Å²) >= 11 is 1.84. The van der Waals surface area contributed by atoms with E-state index in [0.29, 0.717) is 26.1 Å². The maximum atomic E-state index is 13.2. The molecule has 2 aromatic carbocycles. The van der Waals surface area contributed by atoms with Crippen LogP contribution in [0.4, 0.5) is 5.69 Å². The zero-order valence-corrected chi connectivity index (χ0v) is 18.2. The molecule has 162 valence electrons. The Morgan fingerprint density at radius 1 is 1.00 bits per heavy atom. The summed E-state index contributed by atoms with van der Waals surface area (Å²) in [5.74, 6) is 1.04. The van der Waals surface area contributed by atoms with Gasteiger partial charge in [0.25, 0.3) is 0 Å². The fourth-order valence-electron chi connectivity index (χ4n) is 4.08. The average Bonchev–Trinajstić information content (AvgIpc) is 3.22. The van der Waals surface area contributed by atoms with E-state index >= 15 is 0 Å². The minimum atomic E-state index is -0.626. The molecule has 2 fully saturated rings. The fourth-order valence-corrected chi connectivity index (χ4v) is 4.99. The van der Waals surface area contributed by atoms with Gasteiger partial charge in [-0.05, 0) is 17.7 Å². The van der Waals surface area contributed by atoms with Crippen LogP contribution in [0, 0.1) is 5.92 Å². The maximum absolute atomic E-state index is 13.2. The molecule has 2 saturated heterocycles. The Hall–Kier alpha value is -2.80. The number of carbonyl (C=O) groups is 3. The summed E-state index contributed by atoms with van der Waals surface area (Å²) in [5, 5.41) is 2.98. The van der Waals surface area contributed by atoms with Crippen molar-refractivity contribution in [3.8, 4) is 0 Å². The van der Waals surface area contributed by atoms with E-state index in [2.05, 4.69) is 5.32 Å². The standard InChI is InChI=1S/C24H27N3O3S/c28-22-16-19(17-27(22)20-9-5-2-6-10-20)23(29)25-21(15-18-7-3-1-4-8-18)24(30)26-11-13-31-14-12-26/h1-10,19,21H,11-17H2,(H,25,29)/t19-,21-/m0/s1. The number of para-hydroxylation sites is 1. The molecule has 0 unspecified atom stereocenters. The van der Waals surface area contributed by atoms with Crippen molar-refractivity contribution >= 4 is 35.2 Å². The molecule has 2 heterocycles. The van der Waals surface area contributed by atoms with Gasteiger partial charge in [-0.15, -0.1) is 0 Å². The Balaban J connectivity index is 1.46. The van der Waals surface area contributed by atoms with Crippen LogP contribution in [0.1, 0.15) is 12.0 Å². The molecule has 0 aromatic heterocycles. The number of nitrogens with one attached hydrogen (secondary N) is 1. The van der Waals surface area contributed by atoms with E-state index in [9.17, 15) is 14.4 Å². The SMILES string of the molecule is O=C(N[C@@H](Cc1ccccc1)C(=O)N1CCSCC1)[C@H]1CC(=O)N(c2ccccc2)C1. The predicted molar refractivity (Wildman–Crippen MR) is 123 cm³/mol. The van der Waals surface area contributed by atoms with Gasteiger partial charge in [-0.2, -0.15) is 11.8 Å². The third-order valence-corrected chi connectivity index (χ3v) is 6.73. The number of nitrogens with zero attached hydrogens (tertiary/aromatic N) is 2. The van der Waals surface area contributed by atoms with Crippen molar-refractivity contribution in [3.63, 3.8) is 0 Å². The van der Waals surface area contributed by atoms with E-state index in [-0.39, 0.29) is 24.1 Å². The first-order chi connectivity index (χ1) is 15.1. The second-order valence-corrected chi connectivity index (χ2v) is 9.15. The fraction of sp³-hybridized carbons (Fsp3) is 0.375. The number of amides is 3. The number of hydrogen-bond acceptors (Lipinski definition) is 4. The highest BCUT2D eigenvalue weighted by Crippen LogP contribution is 2.25. The minimum absolute atomic E-state index is 0.0401. The number of anilines is 1. The zero-order chi connectivity index (χ0) is 21.6. The molecule has 2 aromatic rings. The average molecular weight is 438 g/mol. The molecule has 1 N–H and O–H groups in total. The van der Waals surface area contributed by atoms with Crippen LogP contribution in [-0.2, 0) is 20.8 Å². The van der Waals surface area contributed by atoms with Gasteiger partial charge in [0.2, 0.25) is 17.7 Å². The monoisotopic (exact) mass is 437 g/mol. The molecule has 2 aliphatic rings. The molecule has 0 aliphatic carbocycles. The lowest BCUT2D eigenvalue weighted by Crippen LogP contribution is -2.53. The van der Waals surface area contributed by atoms with E-state index in [1.54, 1.807) is 4.90 Å². The number of carbonyl (C=O) groups excluding carboxylic acids is 3. The summed E-state index contributed by atoms with van der Waals surface area (Å²) in [4.78, 5) is 42.3. The van der Waals surface area contributed by atoms with Gasteiger partial charge in [0.15, 0.2) is 0 Å². The van der Waals surface area contributed by atoms with E-state index < -0.39 is 12.0 Å². The van der Waals surface area contributed by atoms with E-state index in [4.69, 9.17) is 0 Å². The van der Waals surface area contributed by atoms with Crippen LogP contribution in [0.3, 0.4) is 0 Å². The van der Waals surface area contributed by atoms with Crippen molar-refractivity contribution in [1.29, 1.82) is 0 Å². The number of thioether (sulfide) groups is 1. The van der Waals surface area contributed by atoms with Gasteiger partial charge in [0, 0.05) is 49.7 Å². The van der Waals surface area contributed by atoms with Crippen LogP contribution >= 0.6 is 11.8 Å². The summed E-state index contributed by atoms with van der Waals surface area (Å²) in [6.07, 6.45) is 0.603. The molecule has 0 spiro atoms. The molecule has 31 heavy (non-hydrogen) atoms. The summed E-state index contributed by atoms with van der Waals surface area (Å²) in [6.45, 7) is 1.74. The van der Waals surface area contributed by atoms with Crippen molar-refractivity contribution in [2.75, 3.05) is 36.0 Å². The van der Waals surface area contributed by atoms with E-state index in [1.165, 1.54) is 0 Å². The Morgan fingerprint density at radius 3 is 2.32 bits per heavy atom. The zero-order valence-electron chi connectivity index (χ0n) is 17.4. The van der Waals surface area contributed by atoms with Crippen LogP contribution in [0.5, 0.6) is 0 Å². The predicted octanol–water partition coefficient (Wildman–Crippen LogP) is 2.34. The first-order valence-corrected chi connectivity index (χ1v) is 11.8. The minimum Gasteiger partial charge on any atom is -0.344 e. The molecule has 3 amide bonds. The van der Waals surface area contributed by atoms with Gasteiger partial charge in [-0.3, -0.25) is 14.4 Å². The first-order valence-electron chi connectivity index (χ1n) is 10.7. The van der Waals surface area contributed by atoms with Crippen LogP contribution in [-0.4, -0.2) is 59.8 Å². The van der Waals surface area contributed by atoms with E-state index in [1.807, 2.05) is 77.3 Å². The quantitative estimate of drug-likeness (QED) is 0.753. The van der Waals surface area contributed by atoms with Gasteiger partial charge in [-0.25, -0.2) is 0 Å². The van der Waals surface area contributed by atoms with Crippen LogP contribution in [0.2, 0.25) is 0 Å². The van der Waals surface area contributed by atoms with Crippen LogP contribution in [0.15, 0.2) is 60.7 Å². The molecule has 6 nitrogen and oxygen atoms in total.